The van der Waals surface area contributed by atoms with Crippen molar-refractivity contribution >= 4 is 0 Å². The highest BCUT2D eigenvalue weighted by atomic mass is 15.1. The standard InChI is InChI=1S/C13H28N2/c1-4-7-9-11-14-13(6-3)15-12-10-8-5-2/h6,13-15H,3-5,7-12H2,1-2H3. The topological polar surface area (TPSA) is 24.1 Å². The smallest absolute Gasteiger partial charge is 0.0761 e. The molecule has 0 aromatic heterocycles. The van der Waals surface area contributed by atoms with Gasteiger partial charge in [-0.05, 0) is 25.9 Å². The molecule has 0 rings (SSSR count). The Kier molecular flexibility index (Phi) is 11.5. The number of hydrogen-bond acceptors (Lipinski definition) is 2. The van der Waals surface area contributed by atoms with Gasteiger partial charge in [0.15, 0.2) is 0 Å². The van der Waals surface area contributed by atoms with Crippen molar-refractivity contribution in [2.75, 3.05) is 13.1 Å². The van der Waals surface area contributed by atoms with Crippen molar-refractivity contribution in [1.29, 1.82) is 0 Å². The molecule has 2 nitrogen and oxygen atoms in total. The first-order valence-electron chi connectivity index (χ1n) is 6.44. The Labute approximate surface area is 95.5 Å². The van der Waals surface area contributed by atoms with E-state index >= 15 is 0 Å². The van der Waals surface area contributed by atoms with Crippen LogP contribution in [0.1, 0.15) is 52.4 Å². The molecule has 0 saturated carbocycles. The van der Waals surface area contributed by atoms with Gasteiger partial charge in [0.25, 0.3) is 0 Å². The highest BCUT2D eigenvalue weighted by molar-refractivity contribution is 4.83. The summed E-state index contributed by atoms with van der Waals surface area (Å²) < 4.78 is 0. The van der Waals surface area contributed by atoms with Crippen molar-refractivity contribution in [2.24, 2.45) is 0 Å². The molecule has 0 unspecified atom stereocenters. The van der Waals surface area contributed by atoms with Gasteiger partial charge in [0, 0.05) is 0 Å². The van der Waals surface area contributed by atoms with Crippen LogP contribution in [0.25, 0.3) is 0 Å². The second-order valence-corrected chi connectivity index (χ2v) is 4.04. The number of nitrogens with one attached hydrogen (secondary N) is 2. The van der Waals surface area contributed by atoms with Crippen LogP contribution >= 0.6 is 0 Å². The molecule has 90 valence electrons. The predicted octanol–water partition coefficient (Wildman–Crippen LogP) is 3.06. The Balaban J connectivity index is 3.34. The van der Waals surface area contributed by atoms with E-state index in [9.17, 15) is 0 Å². The molecule has 0 aliphatic rings. The van der Waals surface area contributed by atoms with Gasteiger partial charge in [0.2, 0.25) is 0 Å². The number of unbranched alkanes of at least 4 members (excludes halogenated alkanes) is 4. The van der Waals surface area contributed by atoms with Crippen LogP contribution in [0.15, 0.2) is 12.7 Å². The first-order valence-corrected chi connectivity index (χ1v) is 6.44. The van der Waals surface area contributed by atoms with E-state index in [2.05, 4.69) is 31.1 Å². The Morgan fingerprint density at radius 1 is 0.933 bits per heavy atom. The van der Waals surface area contributed by atoms with Gasteiger partial charge in [-0.15, -0.1) is 6.58 Å². The Hall–Kier alpha value is -0.340. The van der Waals surface area contributed by atoms with Crippen molar-refractivity contribution in [1.82, 2.24) is 10.6 Å². The van der Waals surface area contributed by atoms with Crippen molar-refractivity contribution in [3.63, 3.8) is 0 Å². The van der Waals surface area contributed by atoms with E-state index in [1.807, 2.05) is 6.08 Å². The lowest BCUT2D eigenvalue weighted by Gasteiger charge is -2.16. The largest absolute Gasteiger partial charge is 0.299 e. The summed E-state index contributed by atoms with van der Waals surface area (Å²) in [5.74, 6) is 0. The predicted molar refractivity (Wildman–Crippen MR) is 69.0 cm³/mol. The first kappa shape index (κ1) is 14.7. The van der Waals surface area contributed by atoms with Crippen LogP contribution in [0.5, 0.6) is 0 Å². The maximum absolute atomic E-state index is 3.83. The normalized spacial score (nSPS) is 10.9. The summed E-state index contributed by atoms with van der Waals surface area (Å²) in [5.41, 5.74) is 0. The summed E-state index contributed by atoms with van der Waals surface area (Å²) in [7, 11) is 0. The van der Waals surface area contributed by atoms with E-state index in [1.165, 1.54) is 38.5 Å². The zero-order valence-electron chi connectivity index (χ0n) is 10.5. The van der Waals surface area contributed by atoms with Gasteiger partial charge in [-0.2, -0.15) is 0 Å². The Morgan fingerprint density at radius 3 is 1.73 bits per heavy atom. The van der Waals surface area contributed by atoms with Gasteiger partial charge in [-0.25, -0.2) is 0 Å². The summed E-state index contributed by atoms with van der Waals surface area (Å²) in [6, 6.07) is 0. The zero-order chi connectivity index (χ0) is 11.4. The third kappa shape index (κ3) is 9.95. The molecule has 0 saturated heterocycles. The molecule has 0 bridgehead atoms. The molecule has 2 heteroatoms. The molecule has 0 heterocycles. The fraction of sp³-hybridized carbons (Fsp3) is 0.846. The molecule has 0 radical (unpaired) electrons. The fourth-order valence-corrected chi connectivity index (χ4v) is 1.50. The van der Waals surface area contributed by atoms with Crippen LogP contribution in [0.2, 0.25) is 0 Å². The molecule has 0 aliphatic carbocycles. The van der Waals surface area contributed by atoms with E-state index < -0.39 is 0 Å². The van der Waals surface area contributed by atoms with Crippen LogP contribution in [0.4, 0.5) is 0 Å². The van der Waals surface area contributed by atoms with Gasteiger partial charge < -0.3 is 0 Å². The third-order valence-electron chi connectivity index (χ3n) is 2.52. The van der Waals surface area contributed by atoms with Gasteiger partial charge in [-0.1, -0.05) is 45.6 Å². The summed E-state index contributed by atoms with van der Waals surface area (Å²) >= 11 is 0. The molecule has 0 amide bonds. The average molecular weight is 212 g/mol. The van der Waals surface area contributed by atoms with Crippen LogP contribution < -0.4 is 10.6 Å². The second-order valence-electron chi connectivity index (χ2n) is 4.04. The third-order valence-corrected chi connectivity index (χ3v) is 2.52. The molecule has 0 atom stereocenters. The SMILES string of the molecule is C=CC(NCCCCC)NCCCCC. The van der Waals surface area contributed by atoms with Crippen molar-refractivity contribution in [3.8, 4) is 0 Å². The van der Waals surface area contributed by atoms with Gasteiger partial charge >= 0.3 is 0 Å². The minimum atomic E-state index is 0.290. The number of hydrogen-bond donors (Lipinski definition) is 2. The van der Waals surface area contributed by atoms with Gasteiger partial charge in [-0.3, -0.25) is 10.6 Å². The van der Waals surface area contributed by atoms with Gasteiger partial charge in [0.1, 0.15) is 0 Å². The molecule has 0 fully saturated rings. The molecule has 0 aromatic rings. The molecule has 2 N–H and O–H groups in total. The van der Waals surface area contributed by atoms with Crippen LogP contribution in [-0.4, -0.2) is 19.3 Å². The lowest BCUT2D eigenvalue weighted by Crippen LogP contribution is -2.41. The lowest BCUT2D eigenvalue weighted by atomic mass is 10.2. The Morgan fingerprint density at radius 2 is 1.40 bits per heavy atom. The molecule has 0 spiro atoms. The van der Waals surface area contributed by atoms with Crippen LogP contribution in [0, 0.1) is 0 Å². The van der Waals surface area contributed by atoms with E-state index in [0.717, 1.165) is 13.1 Å². The maximum atomic E-state index is 3.83. The summed E-state index contributed by atoms with van der Waals surface area (Å²) in [6.07, 6.45) is 9.96. The quantitative estimate of drug-likeness (QED) is 0.312. The molecular formula is C13H28N2. The van der Waals surface area contributed by atoms with Crippen LogP contribution in [-0.2, 0) is 0 Å². The summed E-state index contributed by atoms with van der Waals surface area (Å²) in [5, 5.41) is 6.90. The highest BCUT2D eigenvalue weighted by Crippen LogP contribution is 1.94. The number of rotatable bonds is 11. The second kappa shape index (κ2) is 11.7. The highest BCUT2D eigenvalue weighted by Gasteiger charge is 2.00. The van der Waals surface area contributed by atoms with Gasteiger partial charge in [0.05, 0.1) is 6.17 Å². The zero-order valence-corrected chi connectivity index (χ0v) is 10.5. The Bertz CT molecular complexity index is 122. The minimum absolute atomic E-state index is 0.290. The van der Waals surface area contributed by atoms with Crippen molar-refractivity contribution in [2.45, 2.75) is 58.5 Å². The maximum Gasteiger partial charge on any atom is 0.0761 e. The lowest BCUT2D eigenvalue weighted by molar-refractivity contribution is 0.471. The average Bonchev–Trinajstić information content (AvgIpc) is 2.27. The minimum Gasteiger partial charge on any atom is -0.299 e. The van der Waals surface area contributed by atoms with Crippen molar-refractivity contribution in [3.05, 3.63) is 12.7 Å². The first-order chi connectivity index (χ1) is 7.35. The molecular weight excluding hydrogens is 184 g/mol. The molecule has 15 heavy (non-hydrogen) atoms. The van der Waals surface area contributed by atoms with E-state index in [4.69, 9.17) is 0 Å². The summed E-state index contributed by atoms with van der Waals surface area (Å²) in [6.45, 7) is 10.5. The molecule has 0 aliphatic heterocycles. The molecule has 0 aromatic carbocycles. The van der Waals surface area contributed by atoms with Crippen LogP contribution in [0.3, 0.4) is 0 Å². The van der Waals surface area contributed by atoms with Crippen molar-refractivity contribution < 1.29 is 0 Å². The summed E-state index contributed by atoms with van der Waals surface area (Å²) in [4.78, 5) is 0. The monoisotopic (exact) mass is 212 g/mol. The van der Waals surface area contributed by atoms with E-state index in [-0.39, 0.29) is 0 Å². The van der Waals surface area contributed by atoms with E-state index in [0.29, 0.717) is 6.17 Å². The van der Waals surface area contributed by atoms with E-state index in [1.54, 1.807) is 0 Å². The fourth-order valence-electron chi connectivity index (χ4n) is 1.50.